The van der Waals surface area contributed by atoms with Gasteiger partial charge >= 0.3 is 0 Å². The Labute approximate surface area is 168 Å². The van der Waals surface area contributed by atoms with Crippen LogP contribution in [0.15, 0.2) is 36.0 Å². The number of ketones is 1. The molecule has 0 spiro atoms. The molecule has 1 atom stereocenters. The maximum Gasteiger partial charge on any atom is 0.295 e. The number of aryl methyl sites for hydroxylation is 2. The van der Waals surface area contributed by atoms with Gasteiger partial charge in [0.25, 0.3) is 11.7 Å². The Hall–Kier alpha value is -3.13. The van der Waals surface area contributed by atoms with Crippen molar-refractivity contribution in [1.82, 2.24) is 19.8 Å². The van der Waals surface area contributed by atoms with Crippen molar-refractivity contribution in [3.8, 4) is 0 Å². The van der Waals surface area contributed by atoms with Gasteiger partial charge in [0, 0.05) is 19.3 Å². The van der Waals surface area contributed by atoms with E-state index in [1.54, 1.807) is 19.9 Å². The van der Waals surface area contributed by atoms with Crippen molar-refractivity contribution in [2.75, 3.05) is 27.2 Å². The van der Waals surface area contributed by atoms with Gasteiger partial charge in [-0.3, -0.25) is 9.59 Å². The van der Waals surface area contributed by atoms with E-state index in [0.717, 1.165) is 0 Å². The first-order valence-corrected chi connectivity index (χ1v) is 9.20. The lowest BCUT2D eigenvalue weighted by Gasteiger charge is -2.26. The summed E-state index contributed by atoms with van der Waals surface area (Å²) >= 11 is 0. The number of aliphatic hydroxyl groups is 1. The van der Waals surface area contributed by atoms with Crippen LogP contribution in [0.5, 0.6) is 0 Å². The largest absolute Gasteiger partial charge is 0.507 e. The number of likely N-dealkylation sites (N-methyl/N-ethyl adjacent to an activating group) is 1. The molecule has 0 bridgehead atoms. The zero-order valence-electron chi connectivity index (χ0n) is 16.8. The van der Waals surface area contributed by atoms with Crippen molar-refractivity contribution in [1.29, 1.82) is 0 Å². The van der Waals surface area contributed by atoms with Crippen molar-refractivity contribution in [3.05, 3.63) is 64.5 Å². The van der Waals surface area contributed by atoms with Gasteiger partial charge < -0.3 is 14.9 Å². The minimum atomic E-state index is -0.897. The number of aromatic nitrogens is 2. The van der Waals surface area contributed by atoms with E-state index in [9.17, 15) is 19.1 Å². The molecule has 1 amide bonds. The number of hydrogen-bond acceptors (Lipinski definition) is 6. The predicted molar refractivity (Wildman–Crippen MR) is 105 cm³/mol. The van der Waals surface area contributed by atoms with E-state index in [4.69, 9.17) is 0 Å². The molecule has 29 heavy (non-hydrogen) atoms. The van der Waals surface area contributed by atoms with Gasteiger partial charge in [0.2, 0.25) is 0 Å². The Kier molecular flexibility index (Phi) is 5.74. The van der Waals surface area contributed by atoms with Crippen molar-refractivity contribution in [2.45, 2.75) is 19.9 Å². The molecule has 2 aromatic rings. The van der Waals surface area contributed by atoms with Crippen molar-refractivity contribution >= 4 is 17.4 Å². The monoisotopic (exact) mass is 398 g/mol. The normalized spacial score (nSPS) is 18.7. The van der Waals surface area contributed by atoms with Crippen LogP contribution in [0.3, 0.4) is 0 Å². The van der Waals surface area contributed by atoms with Crippen molar-refractivity contribution in [3.63, 3.8) is 0 Å². The zero-order valence-corrected chi connectivity index (χ0v) is 16.8. The van der Waals surface area contributed by atoms with E-state index in [1.807, 2.05) is 19.0 Å². The van der Waals surface area contributed by atoms with Gasteiger partial charge in [0.1, 0.15) is 17.4 Å². The number of halogens is 1. The van der Waals surface area contributed by atoms with Crippen LogP contribution >= 0.6 is 0 Å². The first-order chi connectivity index (χ1) is 13.7. The molecule has 7 nitrogen and oxygen atoms in total. The van der Waals surface area contributed by atoms with Gasteiger partial charge in [-0.05, 0) is 45.6 Å². The molecule has 1 aliphatic rings. The summed E-state index contributed by atoms with van der Waals surface area (Å²) in [6, 6.07) is 4.80. The standard InChI is InChI=1S/C21H23FN4O3/c1-12-16(11-23-13(2)24-12)19(27)17-18(14-6-5-7-15(22)10-14)26(9-8-25(3)4)21(29)20(17)28/h5-7,10-11,18,27H,8-9H2,1-4H3/t18-/m1/s1. The van der Waals surface area contributed by atoms with Crippen molar-refractivity contribution < 1.29 is 19.1 Å². The molecule has 152 valence electrons. The third kappa shape index (κ3) is 4.02. The lowest BCUT2D eigenvalue weighted by molar-refractivity contribution is -0.140. The molecule has 0 unspecified atom stereocenters. The number of carbonyl (C=O) groups excluding carboxylic acids is 2. The number of amides is 1. The molecule has 2 heterocycles. The SMILES string of the molecule is Cc1ncc(C(O)=C2C(=O)C(=O)N(CCN(C)C)[C@@H]2c2cccc(F)c2)c(C)n1. The summed E-state index contributed by atoms with van der Waals surface area (Å²) in [5, 5.41) is 11.0. The molecule has 8 heteroatoms. The van der Waals surface area contributed by atoms with Crippen LogP contribution in [0, 0.1) is 19.7 Å². The molecule has 1 N–H and O–H groups in total. The highest BCUT2D eigenvalue weighted by atomic mass is 19.1. The molecule has 0 aliphatic carbocycles. The summed E-state index contributed by atoms with van der Waals surface area (Å²) in [7, 11) is 3.70. The molecule has 1 saturated heterocycles. The van der Waals surface area contributed by atoms with Gasteiger partial charge in [-0.15, -0.1) is 0 Å². The van der Waals surface area contributed by atoms with Gasteiger partial charge in [0.15, 0.2) is 0 Å². The average Bonchev–Trinajstić information content (AvgIpc) is 2.90. The first-order valence-electron chi connectivity index (χ1n) is 9.20. The summed E-state index contributed by atoms with van der Waals surface area (Å²) in [4.78, 5) is 37.2. The molecular weight excluding hydrogens is 375 g/mol. The van der Waals surface area contributed by atoms with Gasteiger partial charge in [-0.25, -0.2) is 14.4 Å². The number of hydrogen-bond donors (Lipinski definition) is 1. The molecular formula is C21H23FN4O3. The van der Waals surface area contributed by atoms with E-state index >= 15 is 0 Å². The topological polar surface area (TPSA) is 86.6 Å². The highest BCUT2D eigenvalue weighted by molar-refractivity contribution is 6.46. The van der Waals surface area contributed by atoms with Crippen LogP contribution in [0.2, 0.25) is 0 Å². The number of carbonyl (C=O) groups is 2. The minimum absolute atomic E-state index is 0.0880. The van der Waals surface area contributed by atoms with E-state index in [0.29, 0.717) is 23.6 Å². The highest BCUT2D eigenvalue weighted by Gasteiger charge is 2.46. The Morgan fingerprint density at radius 2 is 2.00 bits per heavy atom. The lowest BCUT2D eigenvalue weighted by Crippen LogP contribution is -2.35. The molecule has 0 radical (unpaired) electrons. The molecule has 1 aromatic carbocycles. The Morgan fingerprint density at radius 1 is 1.28 bits per heavy atom. The Morgan fingerprint density at radius 3 is 2.62 bits per heavy atom. The van der Waals surface area contributed by atoms with Crippen LogP contribution in [0.25, 0.3) is 5.76 Å². The summed E-state index contributed by atoms with van der Waals surface area (Å²) < 4.78 is 13.9. The van der Waals surface area contributed by atoms with Crippen molar-refractivity contribution in [2.24, 2.45) is 0 Å². The smallest absolute Gasteiger partial charge is 0.295 e. The van der Waals surface area contributed by atoms with Gasteiger partial charge in [-0.2, -0.15) is 0 Å². The summed E-state index contributed by atoms with van der Waals surface area (Å²) in [6.45, 7) is 4.15. The number of rotatable bonds is 5. The predicted octanol–water partition coefficient (Wildman–Crippen LogP) is 2.22. The second-order valence-corrected chi connectivity index (χ2v) is 7.27. The van der Waals surface area contributed by atoms with E-state index in [1.165, 1.54) is 29.3 Å². The maximum atomic E-state index is 13.9. The first kappa shape index (κ1) is 20.6. The van der Waals surface area contributed by atoms with Gasteiger partial charge in [0.05, 0.1) is 22.9 Å². The van der Waals surface area contributed by atoms with Crippen LogP contribution < -0.4 is 0 Å². The van der Waals surface area contributed by atoms with Crippen LogP contribution in [-0.2, 0) is 9.59 Å². The summed E-state index contributed by atoms with van der Waals surface area (Å²) in [5.41, 5.74) is 1.07. The number of aliphatic hydroxyl groups excluding tert-OH is 1. The number of likely N-dealkylation sites (tertiary alicyclic amines) is 1. The number of benzene rings is 1. The molecule has 3 rings (SSSR count). The number of Topliss-reactive ketones (excluding diaryl/α,β-unsaturated/α-hetero) is 1. The maximum absolute atomic E-state index is 13.9. The zero-order chi connectivity index (χ0) is 21.3. The summed E-state index contributed by atoms with van der Waals surface area (Å²) in [6.07, 6.45) is 1.42. The molecule has 0 saturated carbocycles. The highest BCUT2D eigenvalue weighted by Crippen LogP contribution is 2.39. The second-order valence-electron chi connectivity index (χ2n) is 7.27. The van der Waals surface area contributed by atoms with Crippen LogP contribution in [-0.4, -0.2) is 63.7 Å². The van der Waals surface area contributed by atoms with E-state index < -0.39 is 23.5 Å². The minimum Gasteiger partial charge on any atom is -0.507 e. The third-order valence-electron chi connectivity index (χ3n) is 4.85. The van der Waals surface area contributed by atoms with Crippen LogP contribution in [0.4, 0.5) is 4.39 Å². The molecule has 1 aliphatic heterocycles. The average molecular weight is 398 g/mol. The fraction of sp³-hybridized carbons (Fsp3) is 0.333. The Balaban J connectivity index is 2.19. The fourth-order valence-corrected chi connectivity index (χ4v) is 3.40. The fourth-order valence-electron chi connectivity index (χ4n) is 3.40. The quantitative estimate of drug-likeness (QED) is 0.472. The Bertz CT molecular complexity index is 1000. The van der Waals surface area contributed by atoms with Gasteiger partial charge in [-0.1, -0.05) is 12.1 Å². The molecule has 1 fully saturated rings. The van der Waals surface area contributed by atoms with E-state index in [2.05, 4.69) is 9.97 Å². The second kappa shape index (κ2) is 8.08. The summed E-state index contributed by atoms with van der Waals surface area (Å²) in [5.74, 6) is -1.87. The van der Waals surface area contributed by atoms with E-state index in [-0.39, 0.29) is 23.4 Å². The van der Waals surface area contributed by atoms with Crippen LogP contribution in [0.1, 0.15) is 28.7 Å². The number of nitrogens with zero attached hydrogens (tertiary/aromatic N) is 4. The lowest BCUT2D eigenvalue weighted by atomic mass is 9.95. The molecule has 1 aromatic heterocycles. The third-order valence-corrected chi connectivity index (χ3v) is 4.85.